The zero-order valence-corrected chi connectivity index (χ0v) is 12.2. The maximum absolute atomic E-state index is 5.81. The van der Waals surface area contributed by atoms with Crippen LogP contribution in [0.15, 0.2) is 54.6 Å². The molecule has 0 bridgehead atoms. The van der Waals surface area contributed by atoms with E-state index in [-0.39, 0.29) is 0 Å². The van der Waals surface area contributed by atoms with Crippen LogP contribution in [0, 0.1) is 0 Å². The van der Waals surface area contributed by atoms with Gasteiger partial charge >= 0.3 is 0 Å². The van der Waals surface area contributed by atoms with E-state index in [1.165, 1.54) is 37.9 Å². The minimum absolute atomic E-state index is 0.319. The van der Waals surface area contributed by atoms with Crippen LogP contribution in [0.5, 0.6) is 0 Å². The van der Waals surface area contributed by atoms with Crippen molar-refractivity contribution in [2.75, 3.05) is 13.2 Å². The molecular weight excluding hydrogens is 272 g/mol. The Labute approximate surface area is 128 Å². The van der Waals surface area contributed by atoms with E-state index in [9.17, 15) is 0 Å². The summed E-state index contributed by atoms with van der Waals surface area (Å²) in [7, 11) is 0. The second-order valence-corrected chi connectivity index (χ2v) is 6.05. The Morgan fingerprint density at radius 1 is 0.864 bits per heavy atom. The topological polar surface area (TPSA) is 21.8 Å². The molecule has 2 nitrogen and oxygen atoms in total. The van der Waals surface area contributed by atoms with Gasteiger partial charge in [0.25, 0.3) is 0 Å². The third-order valence-corrected chi connectivity index (χ3v) is 4.58. The van der Waals surface area contributed by atoms with Crippen molar-refractivity contribution in [3.05, 3.63) is 60.2 Å². The van der Waals surface area contributed by atoms with Gasteiger partial charge < -0.3 is 9.47 Å². The average Bonchev–Trinajstić information content (AvgIpc) is 3.38. The van der Waals surface area contributed by atoms with Gasteiger partial charge in [-0.05, 0) is 37.9 Å². The summed E-state index contributed by atoms with van der Waals surface area (Å²) in [4.78, 5) is 0. The number of hydrogen-bond acceptors (Lipinski definition) is 2. The van der Waals surface area contributed by atoms with Crippen molar-refractivity contribution in [2.45, 2.75) is 12.7 Å². The zero-order valence-electron chi connectivity index (χ0n) is 12.2. The lowest BCUT2D eigenvalue weighted by molar-refractivity contribution is 0.105. The van der Waals surface area contributed by atoms with Crippen molar-refractivity contribution in [2.24, 2.45) is 0 Å². The second kappa shape index (κ2) is 4.67. The van der Waals surface area contributed by atoms with Crippen molar-refractivity contribution in [1.29, 1.82) is 0 Å². The van der Waals surface area contributed by atoms with Gasteiger partial charge in [-0.2, -0.15) is 0 Å². The summed E-state index contributed by atoms with van der Waals surface area (Å²) in [5, 5.41) is 7.94. The van der Waals surface area contributed by atoms with Crippen molar-refractivity contribution in [3.63, 3.8) is 0 Å². The molecule has 1 saturated heterocycles. The fraction of sp³-hybridized carbons (Fsp3) is 0.200. The molecule has 2 heteroatoms. The molecule has 0 radical (unpaired) electrons. The SMILES string of the molecule is c1cc2ccc3ccc(COCC4CO4)c4ccc(c1)c2c34. The van der Waals surface area contributed by atoms with Crippen LogP contribution in [0.3, 0.4) is 0 Å². The normalized spacial score (nSPS) is 17.7. The molecule has 1 aliphatic heterocycles. The molecule has 0 spiro atoms. The summed E-state index contributed by atoms with van der Waals surface area (Å²) in [5.74, 6) is 0. The third-order valence-electron chi connectivity index (χ3n) is 4.58. The highest BCUT2D eigenvalue weighted by Gasteiger charge is 2.22. The first-order valence-corrected chi connectivity index (χ1v) is 7.75. The Morgan fingerprint density at radius 2 is 1.55 bits per heavy atom. The van der Waals surface area contributed by atoms with Gasteiger partial charge in [0.15, 0.2) is 0 Å². The van der Waals surface area contributed by atoms with E-state index in [2.05, 4.69) is 54.6 Å². The number of rotatable bonds is 4. The molecule has 0 N–H and O–H groups in total. The monoisotopic (exact) mass is 288 g/mol. The first kappa shape index (κ1) is 12.4. The van der Waals surface area contributed by atoms with Crippen molar-refractivity contribution < 1.29 is 9.47 Å². The van der Waals surface area contributed by atoms with E-state index in [0.717, 1.165) is 6.61 Å². The van der Waals surface area contributed by atoms with E-state index in [4.69, 9.17) is 9.47 Å². The van der Waals surface area contributed by atoms with E-state index in [1.807, 2.05) is 0 Å². The highest BCUT2D eigenvalue weighted by Crippen LogP contribution is 2.36. The molecule has 5 rings (SSSR count). The molecule has 1 unspecified atom stereocenters. The summed E-state index contributed by atoms with van der Waals surface area (Å²) in [6.07, 6.45) is 0.319. The first-order valence-electron chi connectivity index (χ1n) is 7.75. The average molecular weight is 288 g/mol. The number of epoxide rings is 1. The fourth-order valence-electron chi connectivity index (χ4n) is 3.39. The standard InChI is InChI=1S/C20H16O2/c1-2-13-4-5-15-6-7-16(10-21-11-17-12-22-17)18-9-8-14(3-1)19(13)20(15)18/h1-9,17H,10-12H2. The lowest BCUT2D eigenvalue weighted by atomic mass is 9.92. The molecule has 1 atom stereocenters. The summed E-state index contributed by atoms with van der Waals surface area (Å²) < 4.78 is 11.0. The van der Waals surface area contributed by atoms with Gasteiger partial charge in [-0.15, -0.1) is 0 Å². The van der Waals surface area contributed by atoms with Gasteiger partial charge in [-0.25, -0.2) is 0 Å². The fourth-order valence-corrected chi connectivity index (χ4v) is 3.39. The van der Waals surface area contributed by atoms with Crippen LogP contribution in [0.1, 0.15) is 5.56 Å². The number of benzene rings is 4. The molecule has 1 heterocycles. The summed E-state index contributed by atoms with van der Waals surface area (Å²) >= 11 is 0. The van der Waals surface area contributed by atoms with Gasteiger partial charge in [0, 0.05) is 0 Å². The minimum atomic E-state index is 0.319. The molecule has 0 amide bonds. The molecule has 1 fully saturated rings. The van der Waals surface area contributed by atoms with E-state index in [1.54, 1.807) is 0 Å². The molecule has 4 aromatic carbocycles. The number of hydrogen-bond donors (Lipinski definition) is 0. The second-order valence-electron chi connectivity index (χ2n) is 6.05. The largest absolute Gasteiger partial charge is 0.374 e. The van der Waals surface area contributed by atoms with Gasteiger partial charge in [0.05, 0.1) is 19.8 Å². The first-order chi connectivity index (χ1) is 10.9. The third kappa shape index (κ3) is 1.88. The Kier molecular flexibility index (Phi) is 2.63. The smallest absolute Gasteiger partial charge is 0.104 e. The van der Waals surface area contributed by atoms with Crippen molar-refractivity contribution in [1.82, 2.24) is 0 Å². The Bertz CT molecular complexity index is 954. The highest BCUT2D eigenvalue weighted by atomic mass is 16.6. The van der Waals surface area contributed by atoms with Gasteiger partial charge in [0.1, 0.15) is 6.10 Å². The van der Waals surface area contributed by atoms with Crippen molar-refractivity contribution >= 4 is 32.3 Å². The van der Waals surface area contributed by atoms with Crippen LogP contribution in [0.25, 0.3) is 32.3 Å². The predicted octanol–water partition coefficient (Wildman–Crippen LogP) is 4.50. The van der Waals surface area contributed by atoms with Crippen LogP contribution >= 0.6 is 0 Å². The molecule has 22 heavy (non-hydrogen) atoms. The highest BCUT2D eigenvalue weighted by molar-refractivity contribution is 6.23. The van der Waals surface area contributed by atoms with Gasteiger partial charge in [-0.3, -0.25) is 0 Å². The van der Waals surface area contributed by atoms with Crippen LogP contribution in [0.2, 0.25) is 0 Å². The Morgan fingerprint density at radius 3 is 2.32 bits per heavy atom. The van der Waals surface area contributed by atoms with Gasteiger partial charge in [0.2, 0.25) is 0 Å². The van der Waals surface area contributed by atoms with Gasteiger partial charge in [-0.1, -0.05) is 54.6 Å². The zero-order chi connectivity index (χ0) is 14.5. The maximum Gasteiger partial charge on any atom is 0.104 e. The van der Waals surface area contributed by atoms with Crippen LogP contribution in [0.4, 0.5) is 0 Å². The van der Waals surface area contributed by atoms with Crippen LogP contribution in [-0.2, 0) is 16.1 Å². The van der Waals surface area contributed by atoms with E-state index < -0.39 is 0 Å². The van der Waals surface area contributed by atoms with Crippen LogP contribution in [-0.4, -0.2) is 19.3 Å². The summed E-state index contributed by atoms with van der Waals surface area (Å²) in [5.41, 5.74) is 1.26. The van der Waals surface area contributed by atoms with Crippen LogP contribution < -0.4 is 0 Å². The number of ether oxygens (including phenoxy) is 2. The molecule has 108 valence electrons. The van der Waals surface area contributed by atoms with Crippen molar-refractivity contribution in [3.8, 4) is 0 Å². The van der Waals surface area contributed by atoms with E-state index >= 15 is 0 Å². The maximum atomic E-state index is 5.81. The molecular formula is C20H16O2. The Hall–Kier alpha value is -2.16. The molecule has 0 saturated carbocycles. The molecule has 4 aromatic rings. The summed E-state index contributed by atoms with van der Waals surface area (Å²) in [6, 6.07) is 19.8. The molecule has 1 aliphatic rings. The minimum Gasteiger partial charge on any atom is -0.374 e. The summed E-state index contributed by atoms with van der Waals surface area (Å²) in [6.45, 7) is 2.19. The lowest BCUT2D eigenvalue weighted by Gasteiger charge is -2.13. The quantitative estimate of drug-likeness (QED) is 0.407. The van der Waals surface area contributed by atoms with E-state index in [0.29, 0.717) is 19.3 Å². The predicted molar refractivity (Wildman–Crippen MR) is 89.5 cm³/mol. The molecule has 0 aromatic heterocycles. The lowest BCUT2D eigenvalue weighted by Crippen LogP contribution is -2.02. The molecule has 0 aliphatic carbocycles. The Balaban J connectivity index is 1.70.